The predicted molar refractivity (Wildman–Crippen MR) is 136 cm³/mol. The third-order valence-corrected chi connectivity index (χ3v) is 6.74. The van der Waals surface area contributed by atoms with E-state index < -0.39 is 0 Å². The van der Waals surface area contributed by atoms with Crippen LogP contribution < -0.4 is 15.5 Å². The van der Waals surface area contributed by atoms with Gasteiger partial charge in [-0.15, -0.1) is 0 Å². The summed E-state index contributed by atoms with van der Waals surface area (Å²) in [7, 11) is 4.01. The molecule has 0 atom stereocenters. The van der Waals surface area contributed by atoms with Crippen LogP contribution >= 0.6 is 11.6 Å². The molecule has 2 N–H and O–H groups in total. The molecule has 0 unspecified atom stereocenters. The van der Waals surface area contributed by atoms with Gasteiger partial charge in [0.1, 0.15) is 5.82 Å². The summed E-state index contributed by atoms with van der Waals surface area (Å²) in [5.74, 6) is 2.71. The molecule has 1 amide bonds. The Hall–Kier alpha value is -2.86. The van der Waals surface area contributed by atoms with E-state index in [4.69, 9.17) is 21.6 Å². The Morgan fingerprint density at radius 3 is 2.42 bits per heavy atom. The van der Waals surface area contributed by atoms with Crippen molar-refractivity contribution in [2.75, 3.05) is 37.4 Å². The number of hydrogen-bond acceptors (Lipinski definition) is 5. The van der Waals surface area contributed by atoms with Gasteiger partial charge in [-0.2, -0.15) is 4.98 Å². The number of aryl methyl sites for hydroxylation is 1. The zero-order valence-corrected chi connectivity index (χ0v) is 20.3. The van der Waals surface area contributed by atoms with E-state index in [0.717, 1.165) is 61.1 Å². The number of carbonyl (C=O) groups excluding carboxylic acids is 1. The standard InChI is InChI=1S/C26H32ClN5O/c1-17-14-20(27)12-13-21(17)25(33)28-15-18-8-10-19(11-9-18)16-29-26-30-23-7-5-4-6-22(23)24(31-26)32(2)3/h4-7,12-14,18-19H,8-11,15-16H2,1-3H3,(H,28,33)(H,29,30,31). The molecule has 174 valence electrons. The molecule has 1 aromatic heterocycles. The molecule has 33 heavy (non-hydrogen) atoms. The van der Waals surface area contributed by atoms with Crippen LogP contribution in [0.5, 0.6) is 0 Å². The van der Waals surface area contributed by atoms with Crippen molar-refractivity contribution in [2.24, 2.45) is 11.8 Å². The maximum atomic E-state index is 12.5. The van der Waals surface area contributed by atoms with E-state index in [1.54, 1.807) is 12.1 Å². The van der Waals surface area contributed by atoms with Gasteiger partial charge in [0.25, 0.3) is 5.91 Å². The number of carbonyl (C=O) groups is 1. The van der Waals surface area contributed by atoms with E-state index in [-0.39, 0.29) is 5.91 Å². The molecule has 0 radical (unpaired) electrons. The number of anilines is 2. The third-order valence-electron chi connectivity index (χ3n) is 6.51. The predicted octanol–water partition coefficient (Wildman–Crippen LogP) is 5.31. The molecule has 1 aliphatic carbocycles. The largest absolute Gasteiger partial charge is 0.362 e. The number of para-hydroxylation sites is 1. The first-order valence-electron chi connectivity index (χ1n) is 11.6. The van der Waals surface area contributed by atoms with Crippen LogP contribution in [0.1, 0.15) is 41.6 Å². The van der Waals surface area contributed by atoms with Crippen LogP contribution in [0.25, 0.3) is 10.9 Å². The highest BCUT2D eigenvalue weighted by molar-refractivity contribution is 6.30. The fraction of sp³-hybridized carbons (Fsp3) is 0.423. The number of fused-ring (bicyclic) bond motifs is 1. The number of amides is 1. The number of hydrogen-bond donors (Lipinski definition) is 2. The molecule has 0 spiro atoms. The summed E-state index contributed by atoms with van der Waals surface area (Å²) in [5, 5.41) is 8.30. The van der Waals surface area contributed by atoms with Crippen molar-refractivity contribution < 1.29 is 4.79 Å². The topological polar surface area (TPSA) is 70.2 Å². The molecule has 0 bridgehead atoms. The summed E-state index contributed by atoms with van der Waals surface area (Å²) < 4.78 is 0. The van der Waals surface area contributed by atoms with Crippen molar-refractivity contribution in [2.45, 2.75) is 32.6 Å². The molecule has 4 rings (SSSR count). The SMILES string of the molecule is Cc1cc(Cl)ccc1C(=O)NCC1CCC(CNc2nc(N(C)C)c3ccccc3n2)CC1. The Labute approximate surface area is 200 Å². The van der Waals surface area contributed by atoms with E-state index in [0.29, 0.717) is 28.4 Å². The number of nitrogens with one attached hydrogen (secondary N) is 2. The lowest BCUT2D eigenvalue weighted by atomic mass is 9.82. The van der Waals surface area contributed by atoms with E-state index in [2.05, 4.69) is 16.7 Å². The Bertz CT molecular complexity index is 1120. The summed E-state index contributed by atoms with van der Waals surface area (Å²) in [6, 6.07) is 13.5. The third kappa shape index (κ3) is 5.74. The minimum atomic E-state index is -0.0156. The van der Waals surface area contributed by atoms with Crippen molar-refractivity contribution >= 4 is 40.2 Å². The van der Waals surface area contributed by atoms with Gasteiger partial charge in [0.05, 0.1) is 5.52 Å². The number of nitrogens with zero attached hydrogens (tertiary/aromatic N) is 3. The summed E-state index contributed by atoms with van der Waals surface area (Å²) >= 11 is 6.00. The highest BCUT2D eigenvalue weighted by Gasteiger charge is 2.22. The van der Waals surface area contributed by atoms with Crippen LogP contribution in [0, 0.1) is 18.8 Å². The second-order valence-corrected chi connectivity index (χ2v) is 9.66. The van der Waals surface area contributed by atoms with Gasteiger partial charge in [-0.1, -0.05) is 23.7 Å². The fourth-order valence-electron chi connectivity index (χ4n) is 4.57. The molecule has 1 heterocycles. The van der Waals surface area contributed by atoms with Crippen LogP contribution in [-0.4, -0.2) is 43.1 Å². The summed E-state index contributed by atoms with van der Waals surface area (Å²) in [4.78, 5) is 24.0. The monoisotopic (exact) mass is 465 g/mol. The van der Waals surface area contributed by atoms with Gasteiger partial charge < -0.3 is 15.5 Å². The van der Waals surface area contributed by atoms with Crippen molar-refractivity contribution in [3.63, 3.8) is 0 Å². The fourth-order valence-corrected chi connectivity index (χ4v) is 4.80. The zero-order valence-electron chi connectivity index (χ0n) is 19.6. The number of rotatable bonds is 7. The Morgan fingerprint density at radius 2 is 1.73 bits per heavy atom. The average molecular weight is 466 g/mol. The normalized spacial score (nSPS) is 18.2. The quantitative estimate of drug-likeness (QED) is 0.495. The maximum Gasteiger partial charge on any atom is 0.251 e. The van der Waals surface area contributed by atoms with Gasteiger partial charge in [-0.25, -0.2) is 4.98 Å². The molecule has 0 saturated heterocycles. The van der Waals surface area contributed by atoms with E-state index in [1.165, 1.54) is 0 Å². The zero-order chi connectivity index (χ0) is 23.4. The number of benzene rings is 2. The Morgan fingerprint density at radius 1 is 1.03 bits per heavy atom. The molecule has 1 saturated carbocycles. The Balaban J connectivity index is 1.26. The molecule has 2 aromatic carbocycles. The number of halogens is 1. The molecule has 0 aliphatic heterocycles. The molecular weight excluding hydrogens is 434 g/mol. The van der Waals surface area contributed by atoms with Crippen molar-refractivity contribution in [1.29, 1.82) is 0 Å². The van der Waals surface area contributed by atoms with Crippen molar-refractivity contribution in [3.8, 4) is 0 Å². The second-order valence-electron chi connectivity index (χ2n) is 9.22. The molecule has 6 nitrogen and oxygen atoms in total. The molecule has 1 fully saturated rings. The molecule has 7 heteroatoms. The van der Waals surface area contributed by atoms with Gasteiger partial charge in [-0.3, -0.25) is 4.79 Å². The lowest BCUT2D eigenvalue weighted by Gasteiger charge is -2.29. The summed E-state index contributed by atoms with van der Waals surface area (Å²) in [6.07, 6.45) is 4.52. The first-order chi connectivity index (χ1) is 15.9. The van der Waals surface area contributed by atoms with Crippen LogP contribution in [0.15, 0.2) is 42.5 Å². The van der Waals surface area contributed by atoms with Crippen LogP contribution in [0.4, 0.5) is 11.8 Å². The first kappa shape index (κ1) is 23.3. The van der Waals surface area contributed by atoms with Crippen LogP contribution in [0.2, 0.25) is 5.02 Å². The van der Waals surface area contributed by atoms with Gasteiger partial charge in [0, 0.05) is 43.2 Å². The van der Waals surface area contributed by atoms with Crippen molar-refractivity contribution in [3.05, 3.63) is 58.6 Å². The molecule has 3 aromatic rings. The second kappa shape index (κ2) is 10.4. The summed E-state index contributed by atoms with van der Waals surface area (Å²) in [6.45, 7) is 3.51. The summed E-state index contributed by atoms with van der Waals surface area (Å²) in [5.41, 5.74) is 2.56. The van der Waals surface area contributed by atoms with Crippen molar-refractivity contribution in [1.82, 2.24) is 15.3 Å². The van der Waals surface area contributed by atoms with E-state index >= 15 is 0 Å². The number of aromatic nitrogens is 2. The van der Waals surface area contributed by atoms with Gasteiger partial charge in [0.15, 0.2) is 0 Å². The van der Waals surface area contributed by atoms with Gasteiger partial charge >= 0.3 is 0 Å². The van der Waals surface area contributed by atoms with Gasteiger partial charge in [0.2, 0.25) is 5.95 Å². The van der Waals surface area contributed by atoms with E-state index in [1.807, 2.05) is 50.2 Å². The molecular formula is C26H32ClN5O. The maximum absolute atomic E-state index is 12.5. The van der Waals surface area contributed by atoms with Crippen LogP contribution in [-0.2, 0) is 0 Å². The lowest BCUT2D eigenvalue weighted by Crippen LogP contribution is -2.32. The highest BCUT2D eigenvalue weighted by Crippen LogP contribution is 2.29. The minimum Gasteiger partial charge on any atom is -0.362 e. The first-order valence-corrected chi connectivity index (χ1v) is 12.0. The smallest absolute Gasteiger partial charge is 0.251 e. The van der Waals surface area contributed by atoms with E-state index in [9.17, 15) is 4.79 Å². The molecule has 1 aliphatic rings. The average Bonchev–Trinajstić information content (AvgIpc) is 2.81. The Kier molecular flexibility index (Phi) is 7.33. The highest BCUT2D eigenvalue weighted by atomic mass is 35.5. The lowest BCUT2D eigenvalue weighted by molar-refractivity contribution is 0.0941. The van der Waals surface area contributed by atoms with Crippen LogP contribution in [0.3, 0.4) is 0 Å². The van der Waals surface area contributed by atoms with Gasteiger partial charge in [-0.05, 0) is 80.3 Å². The minimum absolute atomic E-state index is 0.0156.